The molecule has 1 heterocycles. The second-order valence-electron chi connectivity index (χ2n) is 21.1. The number of unbranched alkanes of at least 4 members (excludes halogenated alkanes) is 22. The molecule has 1 fully saturated rings. The lowest BCUT2D eigenvalue weighted by atomic mass is 9.99. The van der Waals surface area contributed by atoms with E-state index in [2.05, 4.69) is 141 Å². The van der Waals surface area contributed by atoms with Crippen LogP contribution < -0.4 is 5.32 Å². The smallest absolute Gasteiger partial charge is 0.220 e. The summed E-state index contributed by atoms with van der Waals surface area (Å²) in [6, 6.07) is -0.838. The van der Waals surface area contributed by atoms with Crippen molar-refractivity contribution in [1.82, 2.24) is 5.32 Å². The van der Waals surface area contributed by atoms with Gasteiger partial charge in [0, 0.05) is 6.42 Å². The quantitative estimate of drug-likeness (QED) is 0.0261. The molecule has 0 spiro atoms. The number of hydrogen-bond donors (Lipinski definition) is 6. The summed E-state index contributed by atoms with van der Waals surface area (Å²) in [7, 11) is 0. The summed E-state index contributed by atoms with van der Waals surface area (Å²) in [5.74, 6) is -0.198. The van der Waals surface area contributed by atoms with Crippen molar-refractivity contribution in [2.75, 3.05) is 13.2 Å². The highest BCUT2D eigenvalue weighted by atomic mass is 16.7. The summed E-state index contributed by atoms with van der Waals surface area (Å²) in [6.45, 7) is 3.63. The van der Waals surface area contributed by atoms with Crippen LogP contribution in [-0.4, -0.2) is 87.5 Å². The van der Waals surface area contributed by atoms with Crippen LogP contribution in [0.3, 0.4) is 0 Å². The highest BCUT2D eigenvalue weighted by Crippen LogP contribution is 2.23. The first-order valence-electron chi connectivity index (χ1n) is 31.4. The Bertz CT molecular complexity index is 1690. The maximum absolute atomic E-state index is 13.1. The molecular formula is C69H115NO8. The van der Waals surface area contributed by atoms with Gasteiger partial charge in [-0.05, 0) is 109 Å². The van der Waals surface area contributed by atoms with Crippen LogP contribution in [0, 0.1) is 0 Å². The Kier molecular flexibility index (Phi) is 52.5. The molecule has 0 radical (unpaired) electrons. The van der Waals surface area contributed by atoms with Gasteiger partial charge in [-0.1, -0.05) is 257 Å². The van der Waals surface area contributed by atoms with Gasteiger partial charge < -0.3 is 40.3 Å². The fraction of sp³-hybridized carbons (Fsp3) is 0.667. The number of ether oxygens (including phenoxy) is 2. The van der Waals surface area contributed by atoms with Crippen LogP contribution in [-0.2, 0) is 14.3 Å². The van der Waals surface area contributed by atoms with Crippen molar-refractivity contribution in [2.45, 2.75) is 281 Å². The monoisotopic (exact) mass is 1090 g/mol. The first kappa shape index (κ1) is 72.3. The third kappa shape index (κ3) is 45.1. The van der Waals surface area contributed by atoms with Crippen molar-refractivity contribution in [3.8, 4) is 0 Å². The molecule has 0 bridgehead atoms. The maximum Gasteiger partial charge on any atom is 0.220 e. The Morgan fingerprint density at radius 2 is 0.808 bits per heavy atom. The first-order chi connectivity index (χ1) is 38.3. The number of allylic oxidation sites excluding steroid dienone is 21. The molecule has 7 atom stereocenters. The number of hydrogen-bond acceptors (Lipinski definition) is 8. The third-order valence-electron chi connectivity index (χ3n) is 13.9. The molecule has 1 saturated heterocycles. The van der Waals surface area contributed by atoms with Crippen molar-refractivity contribution in [3.63, 3.8) is 0 Å². The van der Waals surface area contributed by atoms with Gasteiger partial charge in [0.15, 0.2) is 6.29 Å². The van der Waals surface area contributed by atoms with Gasteiger partial charge >= 0.3 is 0 Å². The highest BCUT2D eigenvalue weighted by Gasteiger charge is 2.44. The van der Waals surface area contributed by atoms with Crippen LogP contribution in [0.1, 0.15) is 239 Å². The SMILES string of the molecule is CC/C=C\C/C=C\C/C=C\C/C=C\C/C=C\C/C=C\C/C=C\C/C=C\CCCCCCCCCCCCCCC(=O)NC(COC1OC(CO)C(O)C(O)C1O)C(O)/C=C/CC/C=C/CC/C=C/CCCCCCCCCC. The fourth-order valence-electron chi connectivity index (χ4n) is 9.03. The summed E-state index contributed by atoms with van der Waals surface area (Å²) >= 11 is 0. The van der Waals surface area contributed by atoms with Crippen LogP contribution in [0.25, 0.3) is 0 Å². The summed E-state index contributed by atoms with van der Waals surface area (Å²) in [5.41, 5.74) is 0. The van der Waals surface area contributed by atoms with Gasteiger partial charge in [-0.2, -0.15) is 0 Å². The number of aliphatic hydroxyl groups is 5. The van der Waals surface area contributed by atoms with Crippen LogP contribution in [0.15, 0.2) is 134 Å². The minimum Gasteiger partial charge on any atom is -0.394 e. The summed E-state index contributed by atoms with van der Waals surface area (Å²) in [6.07, 6.45) is 79.5. The molecule has 9 nitrogen and oxygen atoms in total. The molecule has 9 heteroatoms. The lowest BCUT2D eigenvalue weighted by molar-refractivity contribution is -0.302. The second-order valence-corrected chi connectivity index (χ2v) is 21.1. The standard InChI is InChI=1S/C69H115NO8/c1-3-5-7-9-11-13-15-17-19-21-23-24-25-26-27-28-29-30-31-32-33-34-35-36-37-38-39-40-41-43-45-47-49-51-53-55-57-59-65(73)70-62(61-77-69-68(76)67(75)66(74)64(60-71)78-69)63(72)58-56-54-52-50-48-46-44-42-22-20-18-16-14-12-10-8-6-4-2/h5,7,11,13,17,19,22-24,26-27,29-30,32-33,35-36,42,48,50,56,58,62-64,66-69,71-72,74-76H,3-4,6,8-10,12,14-16,18,20-21,25,28,31,34,37-41,43-47,49,51-55,57,59-61H2,1-2H3,(H,70,73)/b7-5-,13-11-,19-17-,24-23-,27-26-,30-29-,33-32-,36-35-,42-22+,50-48+,58-56+. The van der Waals surface area contributed by atoms with Crippen molar-refractivity contribution >= 4 is 5.91 Å². The fourth-order valence-corrected chi connectivity index (χ4v) is 9.03. The highest BCUT2D eigenvalue weighted by molar-refractivity contribution is 5.76. The number of carbonyl (C=O) groups is 1. The molecular weight excluding hydrogens is 971 g/mol. The number of nitrogens with one attached hydrogen (secondary N) is 1. The van der Waals surface area contributed by atoms with Crippen molar-refractivity contribution in [3.05, 3.63) is 134 Å². The van der Waals surface area contributed by atoms with E-state index in [1.807, 2.05) is 6.08 Å². The molecule has 0 aromatic rings. The Morgan fingerprint density at radius 1 is 0.449 bits per heavy atom. The van der Waals surface area contributed by atoms with E-state index in [1.165, 1.54) is 109 Å². The van der Waals surface area contributed by atoms with E-state index in [4.69, 9.17) is 9.47 Å². The van der Waals surface area contributed by atoms with E-state index >= 15 is 0 Å². The van der Waals surface area contributed by atoms with E-state index in [1.54, 1.807) is 6.08 Å². The van der Waals surface area contributed by atoms with Crippen LogP contribution in [0.2, 0.25) is 0 Å². The van der Waals surface area contributed by atoms with E-state index in [0.717, 1.165) is 109 Å². The van der Waals surface area contributed by atoms with Crippen LogP contribution >= 0.6 is 0 Å². The summed E-state index contributed by atoms with van der Waals surface area (Å²) in [5, 5.41) is 54.5. The molecule has 1 rings (SSSR count). The van der Waals surface area contributed by atoms with Gasteiger partial charge in [-0.25, -0.2) is 0 Å². The van der Waals surface area contributed by atoms with Gasteiger partial charge in [0.25, 0.3) is 0 Å². The number of aliphatic hydroxyl groups excluding tert-OH is 5. The summed E-state index contributed by atoms with van der Waals surface area (Å²) < 4.78 is 11.3. The average molecular weight is 1090 g/mol. The number of carbonyl (C=O) groups excluding carboxylic acids is 1. The van der Waals surface area contributed by atoms with Crippen molar-refractivity contribution < 1.29 is 39.8 Å². The van der Waals surface area contributed by atoms with Gasteiger partial charge in [-0.15, -0.1) is 0 Å². The minimum absolute atomic E-state index is 0.198. The summed E-state index contributed by atoms with van der Waals surface area (Å²) in [4.78, 5) is 13.1. The second kappa shape index (κ2) is 56.6. The number of rotatable bonds is 52. The van der Waals surface area contributed by atoms with E-state index in [9.17, 15) is 30.3 Å². The minimum atomic E-state index is -1.58. The van der Waals surface area contributed by atoms with E-state index in [0.29, 0.717) is 6.42 Å². The first-order valence-corrected chi connectivity index (χ1v) is 31.4. The predicted molar refractivity (Wildman–Crippen MR) is 331 cm³/mol. The molecule has 78 heavy (non-hydrogen) atoms. The maximum atomic E-state index is 13.1. The Balaban J connectivity index is 2.18. The van der Waals surface area contributed by atoms with Crippen molar-refractivity contribution in [2.24, 2.45) is 0 Å². The van der Waals surface area contributed by atoms with Crippen LogP contribution in [0.4, 0.5) is 0 Å². The Morgan fingerprint density at radius 3 is 1.23 bits per heavy atom. The Hall–Kier alpha value is -3.67. The molecule has 6 N–H and O–H groups in total. The molecule has 0 aromatic heterocycles. The molecule has 0 aliphatic carbocycles. The topological polar surface area (TPSA) is 149 Å². The lowest BCUT2D eigenvalue weighted by Crippen LogP contribution is -2.60. The largest absolute Gasteiger partial charge is 0.394 e. The third-order valence-corrected chi connectivity index (χ3v) is 13.9. The van der Waals surface area contributed by atoms with Gasteiger partial charge in [0.2, 0.25) is 5.91 Å². The molecule has 0 saturated carbocycles. The van der Waals surface area contributed by atoms with Crippen LogP contribution in [0.5, 0.6) is 0 Å². The average Bonchev–Trinajstić information content (AvgIpc) is 3.45. The molecule has 0 aromatic carbocycles. The van der Waals surface area contributed by atoms with Crippen molar-refractivity contribution in [1.29, 1.82) is 0 Å². The van der Waals surface area contributed by atoms with Gasteiger partial charge in [0.05, 0.1) is 25.4 Å². The van der Waals surface area contributed by atoms with E-state index in [-0.39, 0.29) is 12.5 Å². The molecule has 1 aliphatic rings. The lowest BCUT2D eigenvalue weighted by Gasteiger charge is -2.40. The van der Waals surface area contributed by atoms with Gasteiger partial charge in [0.1, 0.15) is 24.4 Å². The zero-order valence-electron chi connectivity index (χ0n) is 49.4. The number of amides is 1. The predicted octanol–water partition coefficient (Wildman–Crippen LogP) is 16.5. The van der Waals surface area contributed by atoms with E-state index < -0.39 is 49.5 Å². The van der Waals surface area contributed by atoms with Gasteiger partial charge in [-0.3, -0.25) is 4.79 Å². The molecule has 7 unspecified atom stereocenters. The zero-order chi connectivity index (χ0) is 56.5. The Labute approximate surface area is 477 Å². The molecule has 1 amide bonds. The molecule has 1 aliphatic heterocycles. The zero-order valence-corrected chi connectivity index (χ0v) is 49.4. The normalized spacial score (nSPS) is 19.6. The molecule has 444 valence electrons.